The fourth-order valence-corrected chi connectivity index (χ4v) is 2.92. The van der Waals surface area contributed by atoms with E-state index in [1.807, 2.05) is 24.3 Å². The van der Waals surface area contributed by atoms with Gasteiger partial charge in [-0.1, -0.05) is 48.5 Å². The molecule has 0 spiro atoms. The highest BCUT2D eigenvalue weighted by molar-refractivity contribution is 5.32. The van der Waals surface area contributed by atoms with Crippen molar-refractivity contribution in [3.63, 3.8) is 0 Å². The van der Waals surface area contributed by atoms with Crippen molar-refractivity contribution in [1.82, 2.24) is 4.57 Å². The second kappa shape index (κ2) is 7.75. The van der Waals surface area contributed by atoms with E-state index in [1.165, 1.54) is 5.56 Å². The van der Waals surface area contributed by atoms with E-state index in [4.69, 9.17) is 9.47 Å². The highest BCUT2D eigenvalue weighted by Gasteiger charge is 2.32. The highest BCUT2D eigenvalue weighted by atomic mass is 79.9. The normalized spacial score (nSPS) is 14.5. The van der Waals surface area contributed by atoms with Crippen molar-refractivity contribution in [2.45, 2.75) is 12.8 Å². The molecule has 2 aromatic carbocycles. The van der Waals surface area contributed by atoms with Gasteiger partial charge in [0, 0.05) is 0 Å². The van der Waals surface area contributed by atoms with Crippen LogP contribution in [0.3, 0.4) is 0 Å². The molecule has 1 saturated heterocycles. The lowest BCUT2D eigenvalue weighted by Crippen LogP contribution is -3.00. The number of halogens is 1. The van der Waals surface area contributed by atoms with Crippen LogP contribution >= 0.6 is 0 Å². The van der Waals surface area contributed by atoms with E-state index in [-0.39, 0.29) is 23.3 Å². The number of hydrogen-bond acceptors (Lipinski definition) is 2. The summed E-state index contributed by atoms with van der Waals surface area (Å²) < 4.78 is 15.9. The molecule has 0 saturated carbocycles. The number of aromatic nitrogens is 2. The largest absolute Gasteiger partial charge is 1.00 e. The average molecular weight is 387 g/mol. The van der Waals surface area contributed by atoms with Crippen molar-refractivity contribution in [1.29, 1.82) is 0 Å². The summed E-state index contributed by atoms with van der Waals surface area (Å²) in [6.07, 6.45) is 3.83. The minimum absolute atomic E-state index is 0. The molecule has 0 bridgehead atoms. The molecule has 0 N–H and O–H groups in total. The van der Waals surface area contributed by atoms with Crippen LogP contribution in [0.1, 0.15) is 17.7 Å². The fourth-order valence-electron chi connectivity index (χ4n) is 2.92. The number of para-hydroxylation sites is 1. The number of rotatable bonds is 4. The van der Waals surface area contributed by atoms with Gasteiger partial charge in [0.2, 0.25) is 0 Å². The summed E-state index contributed by atoms with van der Waals surface area (Å²) in [5.74, 6) is 1.01. The molecular formula is C19H19BrN2O2. The molecule has 0 amide bonds. The molecule has 0 radical (unpaired) electrons. The number of ether oxygens (including phenoxy) is 2. The zero-order valence-electron chi connectivity index (χ0n) is 13.2. The van der Waals surface area contributed by atoms with E-state index in [0.29, 0.717) is 13.2 Å². The summed E-state index contributed by atoms with van der Waals surface area (Å²) in [4.78, 5) is 0. The van der Waals surface area contributed by atoms with Crippen molar-refractivity contribution < 1.29 is 31.0 Å². The van der Waals surface area contributed by atoms with Gasteiger partial charge in [-0.2, -0.15) is 4.57 Å². The first-order valence-corrected chi connectivity index (χ1v) is 7.85. The summed E-state index contributed by atoms with van der Waals surface area (Å²) in [6, 6.07) is 20.7. The van der Waals surface area contributed by atoms with Gasteiger partial charge in [-0.05, 0) is 17.7 Å². The molecule has 0 aliphatic carbocycles. The predicted octanol–water partition coefficient (Wildman–Crippen LogP) is -0.137. The van der Waals surface area contributed by atoms with E-state index < -0.39 is 0 Å². The molecule has 1 aromatic heterocycles. The number of hydrogen-bond donors (Lipinski definition) is 0. The van der Waals surface area contributed by atoms with E-state index in [2.05, 4.69) is 57.9 Å². The lowest BCUT2D eigenvalue weighted by molar-refractivity contribution is -0.701. The van der Waals surface area contributed by atoms with Gasteiger partial charge in [0.15, 0.2) is 0 Å². The Morgan fingerprint density at radius 1 is 0.917 bits per heavy atom. The Hall–Kier alpha value is -1.95. The first kappa shape index (κ1) is 16.9. The molecule has 0 unspecified atom stereocenters. The Morgan fingerprint density at radius 3 is 2.21 bits per heavy atom. The standard InChI is InChI=1S/C19H19N2O2.BrH/c1-3-7-16(8-4-1)15-20-11-12-21(17-9-5-2-6-10-17)18(20)19-22-13-14-23-19;/h1-12,19H,13-15H2;1H/q+1;/p-1. The van der Waals surface area contributed by atoms with Crippen LogP contribution < -0.4 is 21.5 Å². The van der Waals surface area contributed by atoms with Crippen molar-refractivity contribution in [2.75, 3.05) is 13.2 Å². The van der Waals surface area contributed by atoms with E-state index in [0.717, 1.165) is 18.1 Å². The first-order valence-electron chi connectivity index (χ1n) is 7.85. The van der Waals surface area contributed by atoms with E-state index >= 15 is 0 Å². The first-order chi connectivity index (χ1) is 11.4. The van der Waals surface area contributed by atoms with Gasteiger partial charge in [0.25, 0.3) is 6.29 Å². The van der Waals surface area contributed by atoms with Crippen LogP contribution in [0.15, 0.2) is 73.1 Å². The number of nitrogens with zero attached hydrogens (tertiary/aromatic N) is 2. The van der Waals surface area contributed by atoms with Crippen LogP contribution in [0.2, 0.25) is 0 Å². The number of benzene rings is 2. The SMILES string of the molecule is [Br-].c1ccc(C[n+]2ccn(-c3ccccc3)c2C2OCCO2)cc1. The summed E-state index contributed by atoms with van der Waals surface area (Å²) in [5, 5.41) is 0. The van der Waals surface area contributed by atoms with E-state index in [1.54, 1.807) is 0 Å². The fraction of sp³-hybridized carbons (Fsp3) is 0.211. The molecule has 2 heterocycles. The second-order valence-corrected chi connectivity index (χ2v) is 5.55. The molecule has 3 aromatic rings. The maximum Gasteiger partial charge on any atom is 0.319 e. The summed E-state index contributed by atoms with van der Waals surface area (Å²) in [7, 11) is 0. The van der Waals surface area contributed by atoms with Crippen LogP contribution in [0, 0.1) is 0 Å². The van der Waals surface area contributed by atoms with Crippen LogP contribution in [0.5, 0.6) is 0 Å². The second-order valence-electron chi connectivity index (χ2n) is 5.55. The van der Waals surface area contributed by atoms with Gasteiger partial charge in [-0.25, -0.2) is 4.57 Å². The minimum Gasteiger partial charge on any atom is -1.00 e. The maximum atomic E-state index is 5.77. The van der Waals surface area contributed by atoms with Crippen LogP contribution in [-0.4, -0.2) is 17.8 Å². The maximum absolute atomic E-state index is 5.77. The average Bonchev–Trinajstić information content (AvgIpc) is 3.26. The molecule has 1 aliphatic rings. The van der Waals surface area contributed by atoms with Gasteiger partial charge < -0.3 is 26.5 Å². The molecule has 24 heavy (non-hydrogen) atoms. The van der Waals surface area contributed by atoms with Gasteiger partial charge in [0.05, 0.1) is 13.2 Å². The minimum atomic E-state index is -0.325. The Kier molecular flexibility index (Phi) is 5.45. The quantitative estimate of drug-likeness (QED) is 0.583. The topological polar surface area (TPSA) is 27.3 Å². The predicted molar refractivity (Wildman–Crippen MR) is 86.2 cm³/mol. The van der Waals surface area contributed by atoms with Crippen molar-refractivity contribution in [3.05, 3.63) is 84.4 Å². The van der Waals surface area contributed by atoms with Crippen molar-refractivity contribution >= 4 is 0 Å². The molecule has 5 heteroatoms. The lowest BCUT2D eigenvalue weighted by atomic mass is 10.2. The molecule has 4 nitrogen and oxygen atoms in total. The monoisotopic (exact) mass is 386 g/mol. The Labute approximate surface area is 152 Å². The highest BCUT2D eigenvalue weighted by Crippen LogP contribution is 2.23. The van der Waals surface area contributed by atoms with Crippen LogP contribution in [0.25, 0.3) is 5.69 Å². The molecule has 1 aliphatic heterocycles. The molecular weight excluding hydrogens is 368 g/mol. The molecule has 0 atom stereocenters. The molecule has 1 fully saturated rings. The van der Waals surface area contributed by atoms with Crippen LogP contribution in [0.4, 0.5) is 0 Å². The van der Waals surface area contributed by atoms with Gasteiger partial charge in [0.1, 0.15) is 24.6 Å². The van der Waals surface area contributed by atoms with Crippen LogP contribution in [-0.2, 0) is 16.0 Å². The zero-order valence-corrected chi connectivity index (χ0v) is 14.8. The van der Waals surface area contributed by atoms with Gasteiger partial charge >= 0.3 is 5.82 Å². The van der Waals surface area contributed by atoms with Crippen molar-refractivity contribution in [3.8, 4) is 5.69 Å². The Morgan fingerprint density at radius 2 is 1.54 bits per heavy atom. The lowest BCUT2D eigenvalue weighted by Gasteiger charge is -2.10. The smallest absolute Gasteiger partial charge is 0.319 e. The summed E-state index contributed by atoms with van der Waals surface area (Å²) in [6.45, 7) is 2.06. The van der Waals surface area contributed by atoms with E-state index in [9.17, 15) is 0 Å². The summed E-state index contributed by atoms with van der Waals surface area (Å²) >= 11 is 0. The molecule has 4 rings (SSSR count). The number of imidazole rings is 1. The third-order valence-corrected chi connectivity index (χ3v) is 4.00. The van der Waals surface area contributed by atoms with Crippen molar-refractivity contribution in [2.24, 2.45) is 0 Å². The third kappa shape index (κ3) is 3.43. The third-order valence-electron chi connectivity index (χ3n) is 4.00. The van der Waals surface area contributed by atoms with Gasteiger partial charge in [-0.3, -0.25) is 0 Å². The molecule has 124 valence electrons. The Balaban J connectivity index is 0.00000169. The zero-order chi connectivity index (χ0) is 15.5. The summed E-state index contributed by atoms with van der Waals surface area (Å²) in [5.41, 5.74) is 2.36. The van der Waals surface area contributed by atoms with Gasteiger partial charge in [-0.15, -0.1) is 0 Å². The Bertz CT molecular complexity index is 769.